The van der Waals surface area contributed by atoms with Crippen molar-refractivity contribution in [3.05, 3.63) is 28.8 Å². The molecule has 1 rings (SSSR count). The van der Waals surface area contributed by atoms with E-state index in [0.29, 0.717) is 0 Å². The summed E-state index contributed by atoms with van der Waals surface area (Å²) in [5.74, 6) is -1.06. The number of carbonyl (C=O) groups is 1. The maximum atomic E-state index is 12.0. The Balaban J connectivity index is 2.93. The first-order valence-corrected chi connectivity index (χ1v) is 7.73. The van der Waals surface area contributed by atoms with Crippen molar-refractivity contribution in [3.63, 3.8) is 0 Å². The summed E-state index contributed by atoms with van der Waals surface area (Å²) in [6.07, 6.45) is 1.38. The maximum absolute atomic E-state index is 12.0. The van der Waals surface area contributed by atoms with Crippen LogP contribution in [0.1, 0.15) is 25.3 Å². The molecule has 106 valence electrons. The molecule has 0 aliphatic heterocycles. The van der Waals surface area contributed by atoms with E-state index < -0.39 is 16.0 Å². The van der Waals surface area contributed by atoms with E-state index in [1.807, 2.05) is 6.92 Å². The molecule has 7 heteroatoms. The number of carboxylic acid groups (broad SMARTS) is 1. The largest absolute Gasteiger partial charge is 0.481 e. The Hall–Kier alpha value is -1.11. The monoisotopic (exact) mass is 305 g/mol. The lowest BCUT2D eigenvalue weighted by atomic mass is 10.1. The number of aliphatic carboxylic acids is 1. The number of hydrogen-bond donors (Lipinski definition) is 2. The van der Waals surface area contributed by atoms with Gasteiger partial charge in [-0.3, -0.25) is 4.79 Å². The van der Waals surface area contributed by atoms with E-state index in [2.05, 4.69) is 4.72 Å². The standard InChI is InChI=1S/C12H16ClNO4S/c1-2-3-9-4-5-10(13)11(8-9)19(17,18)14-7-6-12(15)16/h4-5,8,14H,2-3,6-7H2,1H3,(H,15,16). The van der Waals surface area contributed by atoms with Gasteiger partial charge in [-0.2, -0.15) is 0 Å². The predicted molar refractivity (Wildman–Crippen MR) is 72.9 cm³/mol. The lowest BCUT2D eigenvalue weighted by molar-refractivity contribution is -0.136. The molecule has 19 heavy (non-hydrogen) atoms. The Bertz CT molecular complexity index is 557. The number of hydrogen-bond acceptors (Lipinski definition) is 3. The summed E-state index contributed by atoms with van der Waals surface area (Å²) in [6, 6.07) is 4.84. The third-order valence-electron chi connectivity index (χ3n) is 2.45. The van der Waals surface area contributed by atoms with Crippen LogP contribution in [0.5, 0.6) is 0 Å². The molecule has 0 spiro atoms. The molecule has 2 N–H and O–H groups in total. The van der Waals surface area contributed by atoms with Gasteiger partial charge in [-0.15, -0.1) is 0 Å². The first-order valence-electron chi connectivity index (χ1n) is 5.86. The molecule has 0 unspecified atom stereocenters. The minimum absolute atomic E-state index is 0.00879. The molecule has 0 fully saturated rings. The normalized spacial score (nSPS) is 11.5. The molecule has 1 aromatic rings. The van der Waals surface area contributed by atoms with E-state index in [1.165, 1.54) is 12.1 Å². The third-order valence-corrected chi connectivity index (χ3v) is 4.40. The Morgan fingerprint density at radius 1 is 1.42 bits per heavy atom. The van der Waals surface area contributed by atoms with Crippen molar-refractivity contribution in [2.45, 2.75) is 31.1 Å². The highest BCUT2D eigenvalue weighted by atomic mass is 35.5. The average Bonchev–Trinajstić information content (AvgIpc) is 2.31. The second-order valence-electron chi connectivity index (χ2n) is 4.06. The van der Waals surface area contributed by atoms with E-state index in [1.54, 1.807) is 6.07 Å². The lowest BCUT2D eigenvalue weighted by Crippen LogP contribution is -2.26. The van der Waals surface area contributed by atoms with Gasteiger partial charge in [-0.25, -0.2) is 13.1 Å². The zero-order valence-corrected chi connectivity index (χ0v) is 12.1. The first-order chi connectivity index (χ1) is 8.86. The van der Waals surface area contributed by atoms with Gasteiger partial charge in [0.25, 0.3) is 0 Å². The number of nitrogens with one attached hydrogen (secondary N) is 1. The van der Waals surface area contributed by atoms with Crippen molar-refractivity contribution in [2.75, 3.05) is 6.54 Å². The molecule has 0 atom stereocenters. The van der Waals surface area contributed by atoms with Crippen molar-refractivity contribution in [1.82, 2.24) is 4.72 Å². The van der Waals surface area contributed by atoms with Gasteiger partial charge in [-0.05, 0) is 24.1 Å². The number of sulfonamides is 1. The number of aryl methyl sites for hydroxylation is 1. The van der Waals surface area contributed by atoms with E-state index in [4.69, 9.17) is 16.7 Å². The van der Waals surface area contributed by atoms with Crippen LogP contribution < -0.4 is 4.72 Å². The second-order valence-corrected chi connectivity index (χ2v) is 6.20. The molecule has 0 bridgehead atoms. The predicted octanol–water partition coefficient (Wildman–Crippen LogP) is 2.05. The smallest absolute Gasteiger partial charge is 0.304 e. The van der Waals surface area contributed by atoms with Crippen LogP contribution in [0.4, 0.5) is 0 Å². The van der Waals surface area contributed by atoms with E-state index in [9.17, 15) is 13.2 Å². The fraction of sp³-hybridized carbons (Fsp3) is 0.417. The topological polar surface area (TPSA) is 83.5 Å². The fourth-order valence-corrected chi connectivity index (χ4v) is 3.15. The van der Waals surface area contributed by atoms with Gasteiger partial charge < -0.3 is 5.11 Å². The highest BCUT2D eigenvalue weighted by Gasteiger charge is 2.18. The third kappa shape index (κ3) is 4.81. The van der Waals surface area contributed by atoms with Crippen LogP contribution in [0.2, 0.25) is 5.02 Å². The number of carboxylic acids is 1. The van der Waals surface area contributed by atoms with Crippen LogP contribution in [0.15, 0.2) is 23.1 Å². The van der Waals surface area contributed by atoms with Crippen molar-refractivity contribution in [3.8, 4) is 0 Å². The zero-order chi connectivity index (χ0) is 14.5. The Morgan fingerprint density at radius 2 is 2.11 bits per heavy atom. The van der Waals surface area contributed by atoms with Crippen molar-refractivity contribution in [1.29, 1.82) is 0 Å². The van der Waals surface area contributed by atoms with Gasteiger partial charge in [-0.1, -0.05) is 31.0 Å². The summed E-state index contributed by atoms with van der Waals surface area (Å²) in [5, 5.41) is 8.62. The summed E-state index contributed by atoms with van der Waals surface area (Å²) in [7, 11) is -3.77. The quantitative estimate of drug-likeness (QED) is 0.807. The minimum Gasteiger partial charge on any atom is -0.481 e. The highest BCUT2D eigenvalue weighted by molar-refractivity contribution is 7.89. The fourth-order valence-electron chi connectivity index (χ4n) is 1.57. The van der Waals surface area contributed by atoms with Crippen LogP contribution in [0.3, 0.4) is 0 Å². The molecule has 0 aromatic heterocycles. The molecule has 0 saturated heterocycles. The van der Waals surface area contributed by atoms with Crippen LogP contribution in [-0.4, -0.2) is 26.0 Å². The van der Waals surface area contributed by atoms with Gasteiger partial charge in [0.15, 0.2) is 0 Å². The summed E-state index contributed by atoms with van der Waals surface area (Å²) in [4.78, 5) is 10.4. The molecule has 5 nitrogen and oxygen atoms in total. The van der Waals surface area contributed by atoms with Crippen LogP contribution >= 0.6 is 11.6 Å². The average molecular weight is 306 g/mol. The number of halogens is 1. The summed E-state index contributed by atoms with van der Waals surface area (Å²) >= 11 is 5.89. The zero-order valence-electron chi connectivity index (χ0n) is 10.5. The van der Waals surface area contributed by atoms with Gasteiger partial charge in [0, 0.05) is 6.54 Å². The molecule has 0 aliphatic carbocycles. The molecular weight excluding hydrogens is 290 g/mol. The first kappa shape index (κ1) is 15.9. The van der Waals surface area contributed by atoms with Crippen LogP contribution in [0, 0.1) is 0 Å². The Labute approximate surface area is 117 Å². The van der Waals surface area contributed by atoms with Crippen molar-refractivity contribution in [2.24, 2.45) is 0 Å². The molecule has 1 aromatic carbocycles. The molecule has 0 amide bonds. The molecular formula is C12H16ClNO4S. The van der Waals surface area contributed by atoms with E-state index >= 15 is 0 Å². The molecule has 0 radical (unpaired) electrons. The minimum atomic E-state index is -3.77. The van der Waals surface area contributed by atoms with E-state index in [-0.39, 0.29) is 22.9 Å². The Morgan fingerprint density at radius 3 is 2.68 bits per heavy atom. The lowest BCUT2D eigenvalue weighted by Gasteiger charge is -2.09. The van der Waals surface area contributed by atoms with Gasteiger partial charge >= 0.3 is 5.97 Å². The van der Waals surface area contributed by atoms with Crippen molar-refractivity contribution < 1.29 is 18.3 Å². The van der Waals surface area contributed by atoms with Crippen LogP contribution in [0.25, 0.3) is 0 Å². The number of rotatable bonds is 7. The SMILES string of the molecule is CCCc1ccc(Cl)c(S(=O)(=O)NCCC(=O)O)c1. The second kappa shape index (κ2) is 6.88. The molecule has 0 heterocycles. The van der Waals surface area contributed by atoms with Gasteiger partial charge in [0.05, 0.1) is 11.4 Å². The summed E-state index contributed by atoms with van der Waals surface area (Å²) in [5.41, 5.74) is 0.880. The maximum Gasteiger partial charge on any atom is 0.304 e. The summed E-state index contributed by atoms with van der Waals surface area (Å²) in [6.45, 7) is 1.83. The van der Waals surface area contributed by atoms with Gasteiger partial charge in [0.2, 0.25) is 10.0 Å². The molecule has 0 aliphatic rings. The number of benzene rings is 1. The van der Waals surface area contributed by atoms with Gasteiger partial charge in [0.1, 0.15) is 4.90 Å². The highest BCUT2D eigenvalue weighted by Crippen LogP contribution is 2.23. The summed E-state index contributed by atoms with van der Waals surface area (Å²) < 4.78 is 26.2. The van der Waals surface area contributed by atoms with Crippen LogP contribution in [-0.2, 0) is 21.2 Å². The van der Waals surface area contributed by atoms with E-state index in [0.717, 1.165) is 18.4 Å². The molecule has 0 saturated carbocycles. The van der Waals surface area contributed by atoms with Crippen molar-refractivity contribution >= 4 is 27.6 Å². The Kier molecular flexibility index (Phi) is 5.78.